The fraction of sp³-hybridized carbons (Fsp3) is 0.235. The summed E-state index contributed by atoms with van der Waals surface area (Å²) < 4.78 is 21.2. The molecule has 6 heteroatoms. The third-order valence-corrected chi connectivity index (χ3v) is 3.38. The third-order valence-electron chi connectivity index (χ3n) is 3.38. The lowest BCUT2D eigenvalue weighted by Crippen LogP contribution is -2.30. The van der Waals surface area contributed by atoms with E-state index < -0.39 is 6.10 Å². The standard InChI is InChI=1S/C17H17NO5/c1-11(23-14-6-4-13(20-2)5-7-14)17(19)18-12-3-8-15-16(9-12)22-10-21-15/h3-9,11H,10H2,1-2H3,(H,18,19)/t11-/m0/s1. The molecule has 0 radical (unpaired) electrons. The van der Waals surface area contributed by atoms with Crippen LogP contribution in [0, 0.1) is 0 Å². The van der Waals surface area contributed by atoms with Gasteiger partial charge in [-0.25, -0.2) is 0 Å². The number of rotatable bonds is 5. The van der Waals surface area contributed by atoms with Gasteiger partial charge < -0.3 is 24.3 Å². The van der Waals surface area contributed by atoms with E-state index in [-0.39, 0.29) is 12.7 Å². The van der Waals surface area contributed by atoms with Crippen molar-refractivity contribution in [2.24, 2.45) is 0 Å². The van der Waals surface area contributed by atoms with Gasteiger partial charge >= 0.3 is 0 Å². The average Bonchev–Trinajstić information content (AvgIpc) is 3.03. The highest BCUT2D eigenvalue weighted by molar-refractivity contribution is 5.94. The maximum Gasteiger partial charge on any atom is 0.265 e. The summed E-state index contributed by atoms with van der Waals surface area (Å²) >= 11 is 0. The highest BCUT2D eigenvalue weighted by atomic mass is 16.7. The second-order valence-corrected chi connectivity index (χ2v) is 4.99. The van der Waals surface area contributed by atoms with Gasteiger partial charge in [-0.05, 0) is 43.3 Å². The van der Waals surface area contributed by atoms with Crippen LogP contribution in [0.25, 0.3) is 0 Å². The van der Waals surface area contributed by atoms with Crippen LogP contribution in [-0.2, 0) is 4.79 Å². The molecule has 23 heavy (non-hydrogen) atoms. The zero-order valence-electron chi connectivity index (χ0n) is 12.9. The third kappa shape index (κ3) is 3.48. The molecule has 2 aromatic carbocycles. The summed E-state index contributed by atoms with van der Waals surface area (Å²) in [6.45, 7) is 1.89. The molecule has 1 amide bonds. The van der Waals surface area contributed by atoms with Crippen LogP contribution < -0.4 is 24.3 Å². The van der Waals surface area contributed by atoms with Crippen molar-refractivity contribution in [2.45, 2.75) is 13.0 Å². The highest BCUT2D eigenvalue weighted by Crippen LogP contribution is 2.34. The molecule has 3 rings (SSSR count). The Labute approximate surface area is 133 Å². The van der Waals surface area contributed by atoms with Crippen molar-refractivity contribution in [3.05, 3.63) is 42.5 Å². The second-order valence-electron chi connectivity index (χ2n) is 4.99. The van der Waals surface area contributed by atoms with E-state index in [1.54, 1.807) is 56.5 Å². The Morgan fingerprint density at radius 3 is 2.52 bits per heavy atom. The SMILES string of the molecule is COc1ccc(O[C@@H](C)C(=O)Nc2ccc3c(c2)OCO3)cc1. The molecule has 0 aliphatic carbocycles. The Hall–Kier alpha value is -2.89. The van der Waals surface area contributed by atoms with Gasteiger partial charge in [0.2, 0.25) is 6.79 Å². The van der Waals surface area contributed by atoms with Crippen molar-refractivity contribution in [3.63, 3.8) is 0 Å². The summed E-state index contributed by atoms with van der Waals surface area (Å²) in [5.41, 5.74) is 0.629. The van der Waals surface area contributed by atoms with Gasteiger partial charge in [-0.15, -0.1) is 0 Å². The van der Waals surface area contributed by atoms with Gasteiger partial charge in [0.25, 0.3) is 5.91 Å². The van der Waals surface area contributed by atoms with Crippen LogP contribution in [-0.4, -0.2) is 25.9 Å². The molecule has 2 aromatic rings. The van der Waals surface area contributed by atoms with Crippen molar-refractivity contribution in [3.8, 4) is 23.0 Å². The minimum atomic E-state index is -0.645. The molecule has 120 valence electrons. The molecule has 1 aliphatic rings. The molecule has 1 N–H and O–H groups in total. The van der Waals surface area contributed by atoms with Crippen molar-refractivity contribution in [1.29, 1.82) is 0 Å². The van der Waals surface area contributed by atoms with Gasteiger partial charge in [0, 0.05) is 11.8 Å². The minimum Gasteiger partial charge on any atom is -0.497 e. The van der Waals surface area contributed by atoms with E-state index in [2.05, 4.69) is 5.32 Å². The second kappa shape index (κ2) is 6.48. The number of fused-ring (bicyclic) bond motifs is 1. The van der Waals surface area contributed by atoms with Crippen molar-refractivity contribution >= 4 is 11.6 Å². The number of nitrogens with one attached hydrogen (secondary N) is 1. The molecule has 0 bridgehead atoms. The number of hydrogen-bond acceptors (Lipinski definition) is 5. The fourth-order valence-corrected chi connectivity index (χ4v) is 2.13. The molecule has 0 fully saturated rings. The average molecular weight is 315 g/mol. The number of benzene rings is 2. The summed E-state index contributed by atoms with van der Waals surface area (Å²) in [6.07, 6.45) is -0.645. The number of carbonyl (C=O) groups excluding carboxylic acids is 1. The lowest BCUT2D eigenvalue weighted by atomic mass is 10.2. The topological polar surface area (TPSA) is 66.0 Å². The van der Waals surface area contributed by atoms with Crippen molar-refractivity contribution in [2.75, 3.05) is 19.2 Å². The van der Waals surface area contributed by atoms with E-state index in [1.807, 2.05) is 0 Å². The first-order valence-corrected chi connectivity index (χ1v) is 7.17. The summed E-state index contributed by atoms with van der Waals surface area (Å²) in [6, 6.07) is 12.3. The lowest BCUT2D eigenvalue weighted by Gasteiger charge is -2.15. The van der Waals surface area contributed by atoms with E-state index >= 15 is 0 Å². The van der Waals surface area contributed by atoms with E-state index in [1.165, 1.54) is 0 Å². The minimum absolute atomic E-state index is 0.198. The summed E-state index contributed by atoms with van der Waals surface area (Å²) in [4.78, 5) is 12.2. The van der Waals surface area contributed by atoms with Gasteiger partial charge in [-0.3, -0.25) is 4.79 Å². The van der Waals surface area contributed by atoms with Crippen LogP contribution in [0.1, 0.15) is 6.92 Å². The number of hydrogen-bond donors (Lipinski definition) is 1. The molecule has 1 heterocycles. The van der Waals surface area contributed by atoms with E-state index in [0.29, 0.717) is 22.9 Å². The zero-order chi connectivity index (χ0) is 16.2. The van der Waals surface area contributed by atoms with Crippen molar-refractivity contribution < 1.29 is 23.7 Å². The molecule has 1 aliphatic heterocycles. The van der Waals surface area contributed by atoms with Gasteiger partial charge in [-0.2, -0.15) is 0 Å². The lowest BCUT2D eigenvalue weighted by molar-refractivity contribution is -0.122. The Morgan fingerprint density at radius 1 is 1.09 bits per heavy atom. The smallest absolute Gasteiger partial charge is 0.265 e. The van der Waals surface area contributed by atoms with Crippen LogP contribution >= 0.6 is 0 Å². The van der Waals surface area contributed by atoms with Gasteiger partial charge in [0.15, 0.2) is 17.6 Å². The Morgan fingerprint density at radius 2 is 1.78 bits per heavy atom. The first-order chi connectivity index (χ1) is 11.2. The fourth-order valence-electron chi connectivity index (χ4n) is 2.13. The Kier molecular flexibility index (Phi) is 4.23. The molecular formula is C17H17NO5. The highest BCUT2D eigenvalue weighted by Gasteiger charge is 2.18. The van der Waals surface area contributed by atoms with Crippen LogP contribution in [0.4, 0.5) is 5.69 Å². The number of ether oxygens (including phenoxy) is 4. The number of methoxy groups -OCH3 is 1. The van der Waals surface area contributed by atoms with Gasteiger partial charge in [-0.1, -0.05) is 0 Å². The van der Waals surface area contributed by atoms with Crippen molar-refractivity contribution in [1.82, 2.24) is 0 Å². The molecule has 0 unspecified atom stereocenters. The first kappa shape index (κ1) is 15.0. The largest absolute Gasteiger partial charge is 0.497 e. The molecule has 6 nitrogen and oxygen atoms in total. The molecule has 0 spiro atoms. The quantitative estimate of drug-likeness (QED) is 0.919. The number of amides is 1. The van der Waals surface area contributed by atoms with Crippen LogP contribution in [0.5, 0.6) is 23.0 Å². The maximum atomic E-state index is 12.2. The van der Waals surface area contributed by atoms with E-state index in [4.69, 9.17) is 18.9 Å². The molecular weight excluding hydrogens is 298 g/mol. The van der Waals surface area contributed by atoms with Gasteiger partial charge in [0.05, 0.1) is 7.11 Å². The summed E-state index contributed by atoms with van der Waals surface area (Å²) in [7, 11) is 1.59. The Bertz CT molecular complexity index is 699. The zero-order valence-corrected chi connectivity index (χ0v) is 12.9. The van der Waals surface area contributed by atoms with E-state index in [0.717, 1.165) is 5.75 Å². The first-order valence-electron chi connectivity index (χ1n) is 7.17. The summed E-state index contributed by atoms with van der Waals surface area (Å²) in [5, 5.41) is 2.79. The number of anilines is 1. The molecule has 1 atom stereocenters. The normalized spacial score (nSPS) is 13.3. The van der Waals surface area contributed by atoms with Crippen LogP contribution in [0.3, 0.4) is 0 Å². The predicted molar refractivity (Wildman–Crippen MR) is 84.3 cm³/mol. The molecule has 0 saturated carbocycles. The Balaban J connectivity index is 1.60. The maximum absolute atomic E-state index is 12.2. The number of carbonyl (C=O) groups is 1. The van der Waals surface area contributed by atoms with Crippen LogP contribution in [0.2, 0.25) is 0 Å². The van der Waals surface area contributed by atoms with E-state index in [9.17, 15) is 4.79 Å². The predicted octanol–water partition coefficient (Wildman–Crippen LogP) is 2.83. The van der Waals surface area contributed by atoms with Crippen LogP contribution in [0.15, 0.2) is 42.5 Å². The monoisotopic (exact) mass is 315 g/mol. The van der Waals surface area contributed by atoms with Gasteiger partial charge in [0.1, 0.15) is 11.5 Å². The molecule has 0 saturated heterocycles. The summed E-state index contributed by atoms with van der Waals surface area (Å²) in [5.74, 6) is 2.37. The molecule has 0 aromatic heterocycles.